The number of rotatable bonds is 5. The van der Waals surface area contributed by atoms with E-state index in [2.05, 4.69) is 47.0 Å². The quantitative estimate of drug-likeness (QED) is 0.667. The summed E-state index contributed by atoms with van der Waals surface area (Å²) in [5.74, 6) is 1.09. The fourth-order valence-electron chi connectivity index (χ4n) is 4.17. The number of hydrogen-bond donors (Lipinski definition) is 0. The summed E-state index contributed by atoms with van der Waals surface area (Å²) in [4.78, 5) is 4.39. The second-order valence-electron chi connectivity index (χ2n) is 7.75. The van der Waals surface area contributed by atoms with Gasteiger partial charge in [-0.25, -0.2) is 4.98 Å². The number of fused-ring (bicyclic) bond motifs is 1. The van der Waals surface area contributed by atoms with Crippen molar-refractivity contribution in [2.24, 2.45) is 5.92 Å². The van der Waals surface area contributed by atoms with Gasteiger partial charge in [0.1, 0.15) is 6.07 Å². The predicted molar refractivity (Wildman–Crippen MR) is 105 cm³/mol. The van der Waals surface area contributed by atoms with Crippen LogP contribution < -0.4 is 4.74 Å². The Hall–Kier alpha value is -2.81. The van der Waals surface area contributed by atoms with Crippen molar-refractivity contribution in [2.45, 2.75) is 52.1 Å². The van der Waals surface area contributed by atoms with Crippen LogP contribution in [-0.2, 0) is 6.54 Å². The number of methoxy groups -OCH3 is 1. The minimum Gasteiger partial charge on any atom is -0.480 e. The van der Waals surface area contributed by atoms with Crippen molar-refractivity contribution in [1.82, 2.24) is 19.3 Å². The zero-order valence-electron chi connectivity index (χ0n) is 16.1. The summed E-state index contributed by atoms with van der Waals surface area (Å²) in [6, 6.07) is 2.74. The first-order chi connectivity index (χ1) is 13.1. The molecule has 3 heterocycles. The van der Waals surface area contributed by atoms with E-state index in [0.717, 1.165) is 41.4 Å². The maximum atomic E-state index is 9.69. The molecule has 6 heteroatoms. The first-order valence-corrected chi connectivity index (χ1v) is 9.62. The molecule has 0 N–H and O–H groups in total. The summed E-state index contributed by atoms with van der Waals surface area (Å²) in [6.07, 6.45) is 12.5. The van der Waals surface area contributed by atoms with E-state index in [-0.39, 0.29) is 0 Å². The third-order valence-electron chi connectivity index (χ3n) is 5.34. The molecule has 0 aliphatic heterocycles. The molecular formula is C21H25N5O. The van der Waals surface area contributed by atoms with E-state index in [9.17, 15) is 5.26 Å². The molecule has 1 fully saturated rings. The van der Waals surface area contributed by atoms with Gasteiger partial charge in [-0.3, -0.25) is 4.68 Å². The summed E-state index contributed by atoms with van der Waals surface area (Å²) in [5, 5.41) is 15.1. The Balaban J connectivity index is 1.94. The minimum absolute atomic E-state index is 0.422. The molecule has 1 saturated carbocycles. The van der Waals surface area contributed by atoms with Crippen molar-refractivity contribution in [3.63, 3.8) is 0 Å². The maximum Gasteiger partial charge on any atom is 0.223 e. The second-order valence-corrected chi connectivity index (χ2v) is 7.75. The van der Waals surface area contributed by atoms with Crippen LogP contribution in [0.4, 0.5) is 0 Å². The molecule has 0 amide bonds. The van der Waals surface area contributed by atoms with E-state index in [1.54, 1.807) is 13.3 Å². The van der Waals surface area contributed by atoms with Gasteiger partial charge in [-0.05, 0) is 18.8 Å². The topological polar surface area (TPSA) is 68.7 Å². The minimum atomic E-state index is 0.422. The van der Waals surface area contributed by atoms with Gasteiger partial charge in [0, 0.05) is 36.1 Å². The average molecular weight is 363 g/mol. The molecular weight excluding hydrogens is 338 g/mol. The molecule has 0 atom stereocenters. The Morgan fingerprint density at radius 2 is 2.04 bits per heavy atom. The number of nitriles is 1. The van der Waals surface area contributed by atoms with Gasteiger partial charge in [-0.1, -0.05) is 26.7 Å². The lowest BCUT2D eigenvalue weighted by atomic mass is 10.1. The van der Waals surface area contributed by atoms with Crippen molar-refractivity contribution in [3.8, 4) is 23.1 Å². The molecule has 6 nitrogen and oxygen atoms in total. The molecule has 0 bridgehead atoms. The molecule has 0 spiro atoms. The highest BCUT2D eigenvalue weighted by Gasteiger charge is 2.25. The van der Waals surface area contributed by atoms with Crippen LogP contribution in [0.5, 0.6) is 5.88 Å². The van der Waals surface area contributed by atoms with E-state index < -0.39 is 0 Å². The molecule has 3 aromatic rings. The zero-order valence-corrected chi connectivity index (χ0v) is 16.1. The third kappa shape index (κ3) is 3.08. The van der Waals surface area contributed by atoms with Crippen LogP contribution in [0.1, 0.15) is 51.1 Å². The number of hydrogen-bond acceptors (Lipinski definition) is 4. The smallest absolute Gasteiger partial charge is 0.223 e. The normalized spacial score (nSPS) is 14.9. The molecule has 0 aromatic carbocycles. The molecule has 27 heavy (non-hydrogen) atoms. The summed E-state index contributed by atoms with van der Waals surface area (Å²) in [7, 11) is 1.63. The number of nitrogens with zero attached hydrogens (tertiary/aromatic N) is 5. The van der Waals surface area contributed by atoms with Gasteiger partial charge in [0.05, 0.1) is 36.0 Å². The molecule has 1 aliphatic rings. The SMILES string of the molecule is COc1ncc(C#N)c2c1c(-c1cnn(CC(C)C)c1)cn2C1CCCC1. The van der Waals surface area contributed by atoms with Crippen LogP contribution in [0.2, 0.25) is 0 Å². The lowest BCUT2D eigenvalue weighted by molar-refractivity contribution is 0.403. The van der Waals surface area contributed by atoms with Crippen molar-refractivity contribution in [3.05, 3.63) is 30.4 Å². The molecule has 0 saturated heterocycles. The van der Waals surface area contributed by atoms with Crippen LogP contribution in [0.15, 0.2) is 24.8 Å². The Bertz CT molecular complexity index is 1000. The van der Waals surface area contributed by atoms with Gasteiger partial charge >= 0.3 is 0 Å². The fourth-order valence-corrected chi connectivity index (χ4v) is 4.17. The molecule has 0 radical (unpaired) electrons. The standard InChI is InChI=1S/C21H25N5O/c1-14(2)11-25-12-16(10-24-25)18-13-26(17-6-4-5-7-17)20-15(8-22)9-23-21(27-3)19(18)20/h9-10,12-14,17H,4-7,11H2,1-3H3. The predicted octanol–water partition coefficient (Wildman–Crippen LogP) is 4.55. The molecule has 1 aliphatic carbocycles. The second kappa shape index (κ2) is 7.07. The highest BCUT2D eigenvalue weighted by atomic mass is 16.5. The first-order valence-electron chi connectivity index (χ1n) is 9.62. The van der Waals surface area contributed by atoms with E-state index in [1.165, 1.54) is 12.8 Å². The average Bonchev–Trinajstić information content (AvgIpc) is 3.39. The number of pyridine rings is 1. The van der Waals surface area contributed by atoms with Crippen LogP contribution >= 0.6 is 0 Å². The van der Waals surface area contributed by atoms with Gasteiger partial charge in [-0.2, -0.15) is 10.4 Å². The lowest BCUT2D eigenvalue weighted by Gasteiger charge is -2.14. The first kappa shape index (κ1) is 17.6. The third-order valence-corrected chi connectivity index (χ3v) is 5.34. The van der Waals surface area contributed by atoms with Crippen molar-refractivity contribution < 1.29 is 4.74 Å². The van der Waals surface area contributed by atoms with Gasteiger partial charge in [-0.15, -0.1) is 0 Å². The van der Waals surface area contributed by atoms with Crippen molar-refractivity contribution >= 4 is 10.9 Å². The van der Waals surface area contributed by atoms with Gasteiger partial charge in [0.2, 0.25) is 5.88 Å². The van der Waals surface area contributed by atoms with E-state index in [4.69, 9.17) is 4.74 Å². The van der Waals surface area contributed by atoms with Gasteiger partial charge in [0.25, 0.3) is 0 Å². The van der Waals surface area contributed by atoms with Crippen LogP contribution in [-0.4, -0.2) is 26.4 Å². The van der Waals surface area contributed by atoms with E-state index >= 15 is 0 Å². The molecule has 0 unspecified atom stereocenters. The van der Waals surface area contributed by atoms with Gasteiger partial charge in [0.15, 0.2) is 0 Å². The highest BCUT2D eigenvalue weighted by Crippen LogP contribution is 2.41. The Morgan fingerprint density at radius 3 is 2.70 bits per heavy atom. The zero-order chi connectivity index (χ0) is 19.0. The summed E-state index contributed by atoms with van der Waals surface area (Å²) >= 11 is 0. The molecule has 140 valence electrons. The fraction of sp³-hybridized carbons (Fsp3) is 0.476. The number of aromatic nitrogens is 4. The van der Waals surface area contributed by atoms with Crippen LogP contribution in [0.25, 0.3) is 22.0 Å². The molecule has 4 rings (SSSR count). The highest BCUT2D eigenvalue weighted by molar-refractivity contribution is 6.01. The van der Waals surface area contributed by atoms with Crippen LogP contribution in [0.3, 0.4) is 0 Å². The summed E-state index contributed by atoms with van der Waals surface area (Å²) < 4.78 is 9.83. The number of ether oxygens (including phenoxy) is 1. The van der Waals surface area contributed by atoms with Gasteiger partial charge < -0.3 is 9.30 Å². The Kier molecular flexibility index (Phi) is 4.61. The maximum absolute atomic E-state index is 9.69. The summed E-state index contributed by atoms with van der Waals surface area (Å²) in [6.45, 7) is 5.24. The van der Waals surface area contributed by atoms with E-state index in [0.29, 0.717) is 23.4 Å². The van der Waals surface area contributed by atoms with Crippen LogP contribution in [0, 0.1) is 17.2 Å². The largest absolute Gasteiger partial charge is 0.480 e. The van der Waals surface area contributed by atoms with Crippen molar-refractivity contribution in [2.75, 3.05) is 7.11 Å². The summed E-state index contributed by atoms with van der Waals surface area (Å²) in [5.41, 5.74) is 3.60. The Labute approximate surface area is 159 Å². The Morgan fingerprint density at radius 1 is 1.26 bits per heavy atom. The molecule has 3 aromatic heterocycles. The van der Waals surface area contributed by atoms with E-state index in [1.807, 2.05) is 10.9 Å². The monoisotopic (exact) mass is 363 g/mol. The van der Waals surface area contributed by atoms with Crippen molar-refractivity contribution in [1.29, 1.82) is 5.26 Å². The lowest BCUT2D eigenvalue weighted by Crippen LogP contribution is -2.04.